The van der Waals surface area contributed by atoms with Crippen molar-refractivity contribution in [2.75, 3.05) is 6.54 Å². The zero-order valence-corrected chi connectivity index (χ0v) is 11.5. The van der Waals surface area contributed by atoms with Gasteiger partial charge < -0.3 is 5.32 Å². The van der Waals surface area contributed by atoms with Gasteiger partial charge in [-0.1, -0.05) is 6.08 Å². The van der Waals surface area contributed by atoms with Crippen molar-refractivity contribution in [3.05, 3.63) is 59.7 Å². The number of aryl methyl sites for hydroxylation is 1. The summed E-state index contributed by atoms with van der Waals surface area (Å²) in [5.74, 6) is -0.493. The van der Waals surface area contributed by atoms with Crippen molar-refractivity contribution in [1.29, 1.82) is 0 Å². The first-order valence-electron chi connectivity index (χ1n) is 6.26. The van der Waals surface area contributed by atoms with Crippen molar-refractivity contribution in [2.45, 2.75) is 13.8 Å². The highest BCUT2D eigenvalue weighted by atomic mass is 19.1. The highest BCUT2D eigenvalue weighted by Crippen LogP contribution is 2.18. The molecule has 0 aliphatic rings. The molecule has 0 atom stereocenters. The maximum Gasteiger partial charge on any atom is 0.255 e. The Labute approximate surface area is 116 Å². The van der Waals surface area contributed by atoms with E-state index in [1.54, 1.807) is 29.8 Å². The Morgan fingerprint density at radius 3 is 2.65 bits per heavy atom. The lowest BCUT2D eigenvalue weighted by Gasteiger charge is -2.05. The Hall–Kier alpha value is -2.43. The number of hydrogen-bond donors (Lipinski definition) is 1. The van der Waals surface area contributed by atoms with Crippen LogP contribution in [0, 0.1) is 19.7 Å². The van der Waals surface area contributed by atoms with Gasteiger partial charge in [0.2, 0.25) is 0 Å². The largest absolute Gasteiger partial charge is 0.348 e. The van der Waals surface area contributed by atoms with Gasteiger partial charge in [-0.05, 0) is 38.1 Å². The van der Waals surface area contributed by atoms with Crippen LogP contribution >= 0.6 is 0 Å². The molecule has 20 heavy (non-hydrogen) atoms. The van der Waals surface area contributed by atoms with Crippen LogP contribution in [0.3, 0.4) is 0 Å². The molecule has 0 saturated heterocycles. The van der Waals surface area contributed by atoms with Crippen LogP contribution in [0.5, 0.6) is 0 Å². The third kappa shape index (κ3) is 2.61. The van der Waals surface area contributed by atoms with Crippen molar-refractivity contribution in [3.63, 3.8) is 0 Å². The van der Waals surface area contributed by atoms with E-state index < -0.39 is 0 Å². The van der Waals surface area contributed by atoms with Crippen LogP contribution in [-0.4, -0.2) is 22.2 Å². The summed E-state index contributed by atoms with van der Waals surface area (Å²) in [6.45, 7) is 7.55. The molecule has 1 amide bonds. The summed E-state index contributed by atoms with van der Waals surface area (Å²) < 4.78 is 14.6. The summed E-state index contributed by atoms with van der Waals surface area (Å²) >= 11 is 0. The molecule has 2 aromatic rings. The molecule has 4 nitrogen and oxygen atoms in total. The minimum absolute atomic E-state index is 0.187. The van der Waals surface area contributed by atoms with Gasteiger partial charge in [0.15, 0.2) is 0 Å². The van der Waals surface area contributed by atoms with E-state index >= 15 is 0 Å². The van der Waals surface area contributed by atoms with E-state index in [0.717, 1.165) is 11.4 Å². The molecule has 0 fully saturated rings. The molecule has 0 spiro atoms. The lowest BCUT2D eigenvalue weighted by atomic mass is 10.2. The van der Waals surface area contributed by atoms with Crippen LogP contribution in [0.2, 0.25) is 0 Å². The molecule has 0 radical (unpaired) electrons. The molecule has 1 heterocycles. The quantitative estimate of drug-likeness (QED) is 0.870. The van der Waals surface area contributed by atoms with E-state index in [0.29, 0.717) is 17.8 Å². The van der Waals surface area contributed by atoms with Gasteiger partial charge in [-0.3, -0.25) is 4.79 Å². The fourth-order valence-electron chi connectivity index (χ4n) is 2.06. The fourth-order valence-corrected chi connectivity index (χ4v) is 2.06. The number of carbonyl (C=O) groups excluding carboxylic acids is 1. The van der Waals surface area contributed by atoms with Crippen LogP contribution in [-0.2, 0) is 0 Å². The molecule has 0 unspecified atom stereocenters. The summed E-state index contributed by atoms with van der Waals surface area (Å²) in [6, 6.07) is 5.98. The predicted octanol–water partition coefficient (Wildman–Crippen LogP) is 2.54. The standard InChI is InChI=1S/C15H16FN3O/c1-4-9-17-15(20)14-10(2)18-19(11(14)3)13-7-5-12(16)6-8-13/h4-8H,1,9H2,2-3H3,(H,17,20). The number of benzene rings is 1. The van der Waals surface area contributed by atoms with Gasteiger partial charge in [0.25, 0.3) is 5.91 Å². The number of carbonyl (C=O) groups is 1. The summed E-state index contributed by atoms with van der Waals surface area (Å²) in [5.41, 5.74) is 2.61. The topological polar surface area (TPSA) is 46.9 Å². The van der Waals surface area contributed by atoms with Crippen LogP contribution in [0.4, 0.5) is 4.39 Å². The number of halogens is 1. The second kappa shape index (κ2) is 5.69. The summed E-state index contributed by atoms with van der Waals surface area (Å²) in [6.07, 6.45) is 1.62. The molecule has 1 aromatic carbocycles. The minimum Gasteiger partial charge on any atom is -0.348 e. The molecule has 104 valence electrons. The lowest BCUT2D eigenvalue weighted by Crippen LogP contribution is -2.24. The normalized spacial score (nSPS) is 10.3. The van der Waals surface area contributed by atoms with Crippen molar-refractivity contribution in [1.82, 2.24) is 15.1 Å². The Morgan fingerprint density at radius 1 is 1.40 bits per heavy atom. The third-order valence-electron chi connectivity index (χ3n) is 3.00. The van der Waals surface area contributed by atoms with Gasteiger partial charge >= 0.3 is 0 Å². The summed E-state index contributed by atoms with van der Waals surface area (Å²) in [4.78, 5) is 12.1. The smallest absolute Gasteiger partial charge is 0.255 e. The second-order valence-corrected chi connectivity index (χ2v) is 4.43. The van der Waals surface area contributed by atoms with E-state index in [1.807, 2.05) is 6.92 Å². The molecule has 1 N–H and O–H groups in total. The first-order chi connectivity index (χ1) is 9.54. The zero-order chi connectivity index (χ0) is 14.7. The fraction of sp³-hybridized carbons (Fsp3) is 0.200. The Kier molecular flexibility index (Phi) is 3.98. The lowest BCUT2D eigenvalue weighted by molar-refractivity contribution is 0.0957. The number of amides is 1. The van der Waals surface area contributed by atoms with Crippen LogP contribution < -0.4 is 5.32 Å². The molecular weight excluding hydrogens is 257 g/mol. The van der Waals surface area contributed by atoms with Crippen molar-refractivity contribution in [3.8, 4) is 5.69 Å². The number of nitrogens with zero attached hydrogens (tertiary/aromatic N) is 2. The Balaban J connectivity index is 2.40. The van der Waals surface area contributed by atoms with Gasteiger partial charge in [0, 0.05) is 6.54 Å². The molecule has 1 aromatic heterocycles. The maximum absolute atomic E-state index is 13.0. The molecule has 2 rings (SSSR count). The van der Waals surface area contributed by atoms with Crippen molar-refractivity contribution in [2.24, 2.45) is 0 Å². The maximum atomic E-state index is 13.0. The van der Waals surface area contributed by atoms with E-state index in [9.17, 15) is 9.18 Å². The van der Waals surface area contributed by atoms with E-state index in [4.69, 9.17) is 0 Å². The van der Waals surface area contributed by atoms with Crippen molar-refractivity contribution < 1.29 is 9.18 Å². The monoisotopic (exact) mass is 273 g/mol. The van der Waals surface area contributed by atoms with Gasteiger partial charge in [-0.2, -0.15) is 5.10 Å². The second-order valence-electron chi connectivity index (χ2n) is 4.43. The van der Waals surface area contributed by atoms with Crippen molar-refractivity contribution >= 4 is 5.91 Å². The average molecular weight is 273 g/mol. The SMILES string of the molecule is C=CCNC(=O)c1c(C)nn(-c2ccc(F)cc2)c1C. The first kappa shape index (κ1) is 14.0. The number of hydrogen-bond acceptors (Lipinski definition) is 2. The highest BCUT2D eigenvalue weighted by molar-refractivity contribution is 5.96. The predicted molar refractivity (Wildman–Crippen MR) is 75.5 cm³/mol. The van der Waals surface area contributed by atoms with Gasteiger partial charge in [-0.15, -0.1) is 6.58 Å². The highest BCUT2D eigenvalue weighted by Gasteiger charge is 2.18. The minimum atomic E-state index is -0.306. The number of nitrogens with one attached hydrogen (secondary N) is 1. The molecule has 0 aliphatic heterocycles. The molecular formula is C15H16FN3O. The summed E-state index contributed by atoms with van der Waals surface area (Å²) in [7, 11) is 0. The third-order valence-corrected chi connectivity index (χ3v) is 3.00. The van der Waals surface area contributed by atoms with Crippen LogP contribution in [0.1, 0.15) is 21.7 Å². The van der Waals surface area contributed by atoms with Gasteiger partial charge in [-0.25, -0.2) is 9.07 Å². The molecule has 5 heteroatoms. The Bertz CT molecular complexity index is 644. The summed E-state index contributed by atoms with van der Waals surface area (Å²) in [5, 5.41) is 7.08. The van der Waals surface area contributed by atoms with Crippen LogP contribution in [0.25, 0.3) is 5.69 Å². The molecule has 0 aliphatic carbocycles. The van der Waals surface area contributed by atoms with E-state index in [2.05, 4.69) is 17.0 Å². The van der Waals surface area contributed by atoms with Gasteiger partial charge in [0.1, 0.15) is 5.82 Å². The Morgan fingerprint density at radius 2 is 2.05 bits per heavy atom. The van der Waals surface area contributed by atoms with Crippen LogP contribution in [0.15, 0.2) is 36.9 Å². The molecule has 0 bridgehead atoms. The van der Waals surface area contributed by atoms with E-state index in [1.165, 1.54) is 12.1 Å². The number of aromatic nitrogens is 2. The van der Waals surface area contributed by atoms with Gasteiger partial charge in [0.05, 0.1) is 22.6 Å². The first-order valence-corrected chi connectivity index (χ1v) is 6.26. The molecule has 0 saturated carbocycles. The zero-order valence-electron chi connectivity index (χ0n) is 11.5. The van der Waals surface area contributed by atoms with E-state index in [-0.39, 0.29) is 11.7 Å². The number of rotatable bonds is 4. The average Bonchev–Trinajstić information content (AvgIpc) is 2.72.